The zero-order valence-corrected chi connectivity index (χ0v) is 17.3. The molecule has 3 rings (SSSR count). The highest BCUT2D eigenvalue weighted by atomic mass is 79.9. The number of carbonyl (C=O) groups is 1. The molecule has 2 aromatic carbocycles. The molecule has 1 atom stereocenters. The van der Waals surface area contributed by atoms with Crippen LogP contribution in [0.5, 0.6) is 0 Å². The van der Waals surface area contributed by atoms with Crippen LogP contribution in [-0.2, 0) is 11.8 Å². The molecule has 0 radical (unpaired) electrons. The molecule has 3 aromatic rings. The van der Waals surface area contributed by atoms with Gasteiger partial charge in [0.25, 0.3) is 0 Å². The third-order valence-corrected chi connectivity index (χ3v) is 5.03. The summed E-state index contributed by atoms with van der Waals surface area (Å²) in [4.78, 5) is 12.4. The summed E-state index contributed by atoms with van der Waals surface area (Å²) in [5, 5.41) is 2.73. The molecular weight excluding hydrogens is 454 g/mol. The Hall–Kier alpha value is -2.38. The third kappa shape index (κ3) is 4.36. The summed E-state index contributed by atoms with van der Waals surface area (Å²) >= 11 is 9.34. The number of anilines is 1. The van der Waals surface area contributed by atoms with Gasteiger partial charge in [-0.2, -0.15) is 0 Å². The molecular formula is C20H16BrClF2N2O2. The van der Waals surface area contributed by atoms with Crippen LogP contribution in [0.1, 0.15) is 18.6 Å². The summed E-state index contributed by atoms with van der Waals surface area (Å²) in [5.41, 5.74) is 1.31. The fraction of sp³-hybridized carbons (Fsp3) is 0.150. The number of ether oxygens (including phenoxy) is 1. The molecule has 1 amide bonds. The molecule has 0 saturated carbocycles. The Balaban J connectivity index is 1.81. The van der Waals surface area contributed by atoms with E-state index in [-0.39, 0.29) is 16.4 Å². The van der Waals surface area contributed by atoms with E-state index in [1.54, 1.807) is 38.2 Å². The molecule has 4 nitrogen and oxygen atoms in total. The largest absolute Gasteiger partial charge is 0.441 e. The summed E-state index contributed by atoms with van der Waals surface area (Å²) in [6.45, 7) is 1.61. The number of halogens is 4. The maximum Gasteiger partial charge on any atom is 0.413 e. The highest BCUT2D eigenvalue weighted by molar-refractivity contribution is 9.10. The van der Waals surface area contributed by atoms with Gasteiger partial charge in [0.15, 0.2) is 5.82 Å². The van der Waals surface area contributed by atoms with E-state index in [0.717, 1.165) is 10.5 Å². The van der Waals surface area contributed by atoms with Gasteiger partial charge in [0.05, 0.1) is 10.6 Å². The number of aromatic nitrogens is 1. The molecule has 1 aromatic heterocycles. The lowest BCUT2D eigenvalue weighted by Crippen LogP contribution is -2.18. The molecule has 146 valence electrons. The fourth-order valence-corrected chi connectivity index (χ4v) is 3.40. The minimum atomic E-state index is -0.785. The first-order valence-corrected chi connectivity index (χ1v) is 9.46. The predicted octanol–water partition coefficient (Wildman–Crippen LogP) is 6.70. The Kier molecular flexibility index (Phi) is 6.05. The van der Waals surface area contributed by atoms with Crippen molar-refractivity contribution in [1.29, 1.82) is 0 Å². The smallest absolute Gasteiger partial charge is 0.413 e. The first-order chi connectivity index (χ1) is 13.3. The molecule has 8 heteroatoms. The standard InChI is InChI=1S/C20H16BrClF2N2O2/c1-11(15-8-7-14(23)9-16(15)22)28-20(27)25-19-18(17(24)10-26(19)2)12-3-5-13(21)6-4-12/h3-11H,1-2H3,(H,25,27)/t11-/m1/s1. The van der Waals surface area contributed by atoms with Crippen molar-refractivity contribution >= 4 is 39.4 Å². The van der Waals surface area contributed by atoms with Gasteiger partial charge in [-0.1, -0.05) is 45.7 Å². The Morgan fingerprint density at radius 3 is 2.54 bits per heavy atom. The van der Waals surface area contributed by atoms with Gasteiger partial charge in [-0.15, -0.1) is 0 Å². The van der Waals surface area contributed by atoms with E-state index in [4.69, 9.17) is 16.3 Å². The van der Waals surface area contributed by atoms with Gasteiger partial charge in [-0.25, -0.2) is 13.6 Å². The van der Waals surface area contributed by atoms with E-state index in [1.165, 1.54) is 22.9 Å². The van der Waals surface area contributed by atoms with Crippen LogP contribution in [0.3, 0.4) is 0 Å². The third-order valence-electron chi connectivity index (χ3n) is 4.17. The Morgan fingerprint density at radius 2 is 1.89 bits per heavy atom. The molecule has 0 aliphatic heterocycles. The van der Waals surface area contributed by atoms with Gasteiger partial charge in [-0.3, -0.25) is 5.32 Å². The lowest BCUT2D eigenvalue weighted by Gasteiger charge is -2.16. The van der Waals surface area contributed by atoms with E-state index >= 15 is 0 Å². The second kappa shape index (κ2) is 8.32. The van der Waals surface area contributed by atoms with Gasteiger partial charge >= 0.3 is 6.09 Å². The van der Waals surface area contributed by atoms with Gasteiger partial charge in [-0.05, 0) is 36.8 Å². The Bertz CT molecular complexity index is 1020. The summed E-state index contributed by atoms with van der Waals surface area (Å²) in [5.74, 6) is -0.708. The molecule has 0 aliphatic carbocycles. The topological polar surface area (TPSA) is 43.3 Å². The molecule has 0 saturated heterocycles. The van der Waals surface area contributed by atoms with Crippen molar-refractivity contribution in [3.8, 4) is 11.1 Å². The van der Waals surface area contributed by atoms with Gasteiger partial charge < -0.3 is 9.30 Å². The van der Waals surface area contributed by atoms with Crippen molar-refractivity contribution in [2.24, 2.45) is 7.05 Å². The van der Waals surface area contributed by atoms with Crippen LogP contribution < -0.4 is 5.32 Å². The molecule has 0 aliphatic rings. The average molecular weight is 470 g/mol. The van der Waals surface area contributed by atoms with Crippen LogP contribution >= 0.6 is 27.5 Å². The van der Waals surface area contributed by atoms with E-state index < -0.39 is 23.8 Å². The minimum Gasteiger partial charge on any atom is -0.441 e. The van der Waals surface area contributed by atoms with Crippen molar-refractivity contribution in [2.45, 2.75) is 13.0 Å². The lowest BCUT2D eigenvalue weighted by molar-refractivity contribution is 0.121. The number of hydrogen-bond donors (Lipinski definition) is 1. The Morgan fingerprint density at radius 1 is 1.21 bits per heavy atom. The number of amides is 1. The van der Waals surface area contributed by atoms with E-state index in [0.29, 0.717) is 11.1 Å². The molecule has 1 N–H and O–H groups in total. The van der Waals surface area contributed by atoms with Crippen molar-refractivity contribution in [3.63, 3.8) is 0 Å². The summed E-state index contributed by atoms with van der Waals surface area (Å²) in [6.07, 6.45) is -0.241. The number of hydrogen-bond acceptors (Lipinski definition) is 2. The van der Waals surface area contributed by atoms with Crippen molar-refractivity contribution in [1.82, 2.24) is 4.57 Å². The van der Waals surface area contributed by atoms with Crippen LogP contribution in [0.25, 0.3) is 11.1 Å². The van der Waals surface area contributed by atoms with Crippen molar-refractivity contribution in [2.75, 3.05) is 5.32 Å². The van der Waals surface area contributed by atoms with Crippen LogP contribution in [0.15, 0.2) is 53.1 Å². The van der Waals surface area contributed by atoms with E-state index in [1.807, 2.05) is 0 Å². The minimum absolute atomic E-state index is 0.153. The summed E-state index contributed by atoms with van der Waals surface area (Å²) in [6, 6.07) is 10.9. The summed E-state index contributed by atoms with van der Waals surface area (Å²) < 4.78 is 35.3. The maximum atomic E-state index is 14.4. The number of nitrogens with zero attached hydrogens (tertiary/aromatic N) is 1. The molecule has 1 heterocycles. The molecule has 0 fully saturated rings. The molecule has 0 spiro atoms. The zero-order chi connectivity index (χ0) is 20.4. The molecule has 0 bridgehead atoms. The number of benzene rings is 2. The number of nitrogens with one attached hydrogen (secondary N) is 1. The molecule has 0 unspecified atom stereocenters. The average Bonchev–Trinajstić information content (AvgIpc) is 2.89. The maximum absolute atomic E-state index is 14.4. The molecule has 28 heavy (non-hydrogen) atoms. The van der Waals surface area contributed by atoms with Crippen LogP contribution in [0.2, 0.25) is 5.02 Å². The van der Waals surface area contributed by atoms with Gasteiger partial charge in [0, 0.05) is 23.3 Å². The second-order valence-electron chi connectivity index (χ2n) is 6.16. The highest BCUT2D eigenvalue weighted by Crippen LogP contribution is 2.33. The van der Waals surface area contributed by atoms with Gasteiger partial charge in [0.1, 0.15) is 17.7 Å². The lowest BCUT2D eigenvalue weighted by atomic mass is 10.1. The highest BCUT2D eigenvalue weighted by Gasteiger charge is 2.21. The summed E-state index contributed by atoms with van der Waals surface area (Å²) in [7, 11) is 1.61. The van der Waals surface area contributed by atoms with Crippen LogP contribution in [0.4, 0.5) is 19.4 Å². The Labute approximate surface area is 174 Å². The predicted molar refractivity (Wildman–Crippen MR) is 108 cm³/mol. The first-order valence-electron chi connectivity index (χ1n) is 8.29. The van der Waals surface area contributed by atoms with E-state index in [9.17, 15) is 13.6 Å². The van der Waals surface area contributed by atoms with Crippen LogP contribution in [0, 0.1) is 11.6 Å². The zero-order valence-electron chi connectivity index (χ0n) is 15.0. The van der Waals surface area contributed by atoms with Crippen molar-refractivity contribution in [3.05, 3.63) is 75.4 Å². The quantitative estimate of drug-likeness (QED) is 0.462. The monoisotopic (exact) mass is 468 g/mol. The van der Waals surface area contributed by atoms with Crippen molar-refractivity contribution < 1.29 is 18.3 Å². The van der Waals surface area contributed by atoms with E-state index in [2.05, 4.69) is 21.2 Å². The van der Waals surface area contributed by atoms with Gasteiger partial charge in [0.2, 0.25) is 0 Å². The number of carbonyl (C=O) groups excluding carboxylic acids is 1. The normalized spacial score (nSPS) is 11.9. The first kappa shape index (κ1) is 20.4. The second-order valence-corrected chi connectivity index (χ2v) is 7.48. The SMILES string of the molecule is C[C@@H](OC(=O)Nc1c(-c2ccc(Br)cc2)c(F)cn1C)c1ccc(F)cc1Cl. The number of rotatable bonds is 4. The van der Waals surface area contributed by atoms with Crippen LogP contribution in [-0.4, -0.2) is 10.7 Å². The number of aryl methyl sites for hydroxylation is 1. The fourth-order valence-electron chi connectivity index (χ4n) is 2.81.